The van der Waals surface area contributed by atoms with Gasteiger partial charge in [-0.25, -0.2) is 9.59 Å². The van der Waals surface area contributed by atoms with Gasteiger partial charge in [-0.2, -0.15) is 8.42 Å². The summed E-state index contributed by atoms with van der Waals surface area (Å²) in [6, 6.07) is 7.34. The van der Waals surface area contributed by atoms with Crippen LogP contribution in [0.15, 0.2) is 42.1 Å². The normalized spacial score (nSPS) is 17.7. The van der Waals surface area contributed by atoms with Crippen LogP contribution in [0.5, 0.6) is 0 Å². The average Bonchev–Trinajstić information content (AvgIpc) is 2.55. The van der Waals surface area contributed by atoms with Gasteiger partial charge in [0.1, 0.15) is 5.50 Å². The maximum atomic E-state index is 12.3. The number of hydrogen-bond acceptors (Lipinski definition) is 5. The Balaban J connectivity index is 0.00000338. The molecule has 1 aromatic carbocycles. The first kappa shape index (κ1) is 22.7. The minimum absolute atomic E-state index is 0. The molecule has 3 amide bonds. The molecule has 0 aliphatic carbocycles. The maximum Gasteiger partial charge on any atom is 1.00 e. The fourth-order valence-corrected chi connectivity index (χ4v) is 3.42. The molecule has 0 aromatic heterocycles. The Kier molecular flexibility index (Phi) is 8.38. The third-order valence-electron chi connectivity index (χ3n) is 3.23. The van der Waals surface area contributed by atoms with E-state index < -0.39 is 33.1 Å². The van der Waals surface area contributed by atoms with Gasteiger partial charge >= 0.3 is 41.7 Å². The second-order valence-electron chi connectivity index (χ2n) is 4.90. The van der Waals surface area contributed by atoms with E-state index in [0.29, 0.717) is 5.69 Å². The fraction of sp³-hybridized carbons (Fsp3) is 0.286. The van der Waals surface area contributed by atoms with E-state index in [1.54, 1.807) is 37.3 Å². The summed E-state index contributed by atoms with van der Waals surface area (Å²) in [5.41, 5.74) is -1.17. The van der Waals surface area contributed by atoms with Gasteiger partial charge in [0.05, 0.1) is 6.61 Å². The molecular formula is C14H17ClN3NaO6S. The van der Waals surface area contributed by atoms with Crippen molar-refractivity contribution in [1.82, 2.24) is 10.6 Å². The summed E-state index contributed by atoms with van der Waals surface area (Å²) in [4.78, 5) is 24.7. The number of anilines is 1. The van der Waals surface area contributed by atoms with Crippen molar-refractivity contribution in [2.75, 3.05) is 11.5 Å². The number of para-hydroxylation sites is 1. The van der Waals surface area contributed by atoms with E-state index in [1.165, 1.54) is 0 Å². The third-order valence-corrected chi connectivity index (χ3v) is 4.67. The van der Waals surface area contributed by atoms with Gasteiger partial charge in [-0.3, -0.25) is 9.45 Å². The van der Waals surface area contributed by atoms with Crippen LogP contribution in [-0.2, 0) is 14.9 Å². The first-order valence-electron chi connectivity index (χ1n) is 7.14. The van der Waals surface area contributed by atoms with Crippen LogP contribution in [0.2, 0.25) is 0 Å². The Labute approximate surface area is 179 Å². The van der Waals surface area contributed by atoms with Gasteiger partial charge in [0.25, 0.3) is 10.1 Å². The Hall–Kier alpha value is -1.30. The van der Waals surface area contributed by atoms with E-state index in [0.717, 1.165) is 11.1 Å². The van der Waals surface area contributed by atoms with E-state index in [9.17, 15) is 22.6 Å². The van der Waals surface area contributed by atoms with E-state index in [2.05, 4.69) is 5.32 Å². The largest absolute Gasteiger partial charge is 1.00 e. The van der Waals surface area contributed by atoms with Crippen molar-refractivity contribution in [2.24, 2.45) is 0 Å². The Morgan fingerprint density at radius 3 is 2.58 bits per heavy atom. The number of carbonyl (C=O) groups excluding carboxylic acids is 2. The standard InChI is InChI=1S/C14H16ClN3O6S.Na.H/c1-2-24-14(20)18(9-6-4-3-5-7-9)11(15)10-8-16-13(19)17-12(10)25(21,22)23;;/h3-8,11-12H,2H2,1H3,(H2,16,17,19)(H,21,22,23);;/q;+1;-1. The van der Waals surface area contributed by atoms with Crippen molar-refractivity contribution < 1.29 is 58.3 Å². The average molecular weight is 414 g/mol. The van der Waals surface area contributed by atoms with Crippen LogP contribution in [0, 0.1) is 0 Å². The number of alkyl halides is 1. The molecule has 12 heteroatoms. The van der Waals surface area contributed by atoms with Crippen LogP contribution < -0.4 is 45.1 Å². The fourth-order valence-electron chi connectivity index (χ4n) is 2.17. The molecule has 2 unspecified atom stereocenters. The molecule has 0 fully saturated rings. The molecule has 138 valence electrons. The smallest absolute Gasteiger partial charge is 1.00 e. The van der Waals surface area contributed by atoms with E-state index >= 15 is 0 Å². The monoisotopic (exact) mass is 413 g/mol. The number of amides is 3. The Morgan fingerprint density at radius 2 is 2.04 bits per heavy atom. The molecule has 1 heterocycles. The molecular weight excluding hydrogens is 397 g/mol. The number of nitrogens with one attached hydrogen (secondary N) is 2. The van der Waals surface area contributed by atoms with Crippen molar-refractivity contribution in [1.29, 1.82) is 0 Å². The van der Waals surface area contributed by atoms with Crippen LogP contribution in [0.25, 0.3) is 0 Å². The minimum atomic E-state index is -4.71. The molecule has 0 radical (unpaired) electrons. The number of nitrogens with zero attached hydrogens (tertiary/aromatic N) is 1. The van der Waals surface area contributed by atoms with E-state index in [4.69, 9.17) is 16.3 Å². The summed E-state index contributed by atoms with van der Waals surface area (Å²) in [6.07, 6.45) is 0.213. The summed E-state index contributed by atoms with van der Waals surface area (Å²) in [6.45, 7) is 1.68. The van der Waals surface area contributed by atoms with Gasteiger partial charge in [0.2, 0.25) is 0 Å². The van der Waals surface area contributed by atoms with Gasteiger partial charge in [0.15, 0.2) is 5.37 Å². The molecule has 0 spiro atoms. The molecule has 1 aliphatic heterocycles. The molecule has 9 nitrogen and oxygen atoms in total. The van der Waals surface area contributed by atoms with Gasteiger partial charge in [0, 0.05) is 17.5 Å². The van der Waals surface area contributed by atoms with Crippen molar-refractivity contribution in [2.45, 2.75) is 17.8 Å². The summed E-state index contributed by atoms with van der Waals surface area (Å²) in [7, 11) is -4.71. The molecule has 0 saturated carbocycles. The van der Waals surface area contributed by atoms with Crippen LogP contribution in [0.1, 0.15) is 8.35 Å². The van der Waals surface area contributed by atoms with Gasteiger partial charge in [-0.15, -0.1) is 0 Å². The summed E-state index contributed by atoms with van der Waals surface area (Å²) < 4.78 is 37.5. The van der Waals surface area contributed by atoms with Crippen molar-refractivity contribution in [3.05, 3.63) is 42.1 Å². The molecule has 2 atom stereocenters. The van der Waals surface area contributed by atoms with Gasteiger partial charge in [-0.1, -0.05) is 29.8 Å². The zero-order valence-corrected chi connectivity index (χ0v) is 17.6. The zero-order valence-electron chi connectivity index (χ0n) is 15.0. The SMILES string of the molecule is CCOC(=O)N(c1ccccc1)C(Cl)C1=CNC(=O)NC1S(=O)(=O)O.[H-].[Na+]. The number of rotatable bonds is 5. The number of urea groups is 1. The van der Waals surface area contributed by atoms with Crippen LogP contribution >= 0.6 is 11.6 Å². The quantitative estimate of drug-likeness (QED) is 0.239. The molecule has 2 rings (SSSR count). The number of halogens is 1. The number of ether oxygens (including phenoxy) is 1. The summed E-state index contributed by atoms with van der Waals surface area (Å²) in [5, 5.41) is 2.49. The Bertz CT molecular complexity index is 795. The topological polar surface area (TPSA) is 125 Å². The zero-order chi connectivity index (χ0) is 18.6. The molecule has 0 bridgehead atoms. The number of carbonyl (C=O) groups is 2. The van der Waals surface area contributed by atoms with Crippen LogP contribution in [0.4, 0.5) is 15.3 Å². The first-order valence-corrected chi connectivity index (χ1v) is 9.08. The maximum absolute atomic E-state index is 12.3. The van der Waals surface area contributed by atoms with Crippen molar-refractivity contribution >= 4 is 39.5 Å². The second-order valence-corrected chi connectivity index (χ2v) is 6.81. The summed E-state index contributed by atoms with van der Waals surface area (Å²) >= 11 is 6.33. The predicted octanol–water partition coefficient (Wildman–Crippen LogP) is -1.26. The van der Waals surface area contributed by atoms with E-state index in [1.807, 2.05) is 5.32 Å². The first-order chi connectivity index (χ1) is 11.8. The molecule has 1 aliphatic rings. The number of hydrogen-bond donors (Lipinski definition) is 3. The number of benzene rings is 1. The van der Waals surface area contributed by atoms with Crippen LogP contribution in [-0.4, -0.2) is 42.6 Å². The molecule has 26 heavy (non-hydrogen) atoms. The van der Waals surface area contributed by atoms with Gasteiger partial charge < -0.3 is 16.8 Å². The summed E-state index contributed by atoms with van der Waals surface area (Å²) in [5.74, 6) is 0. The third kappa shape index (κ3) is 5.35. The molecule has 3 N–H and O–H groups in total. The molecule has 1 aromatic rings. The van der Waals surface area contributed by atoms with Gasteiger partial charge in [-0.05, 0) is 19.1 Å². The van der Waals surface area contributed by atoms with Crippen molar-refractivity contribution in [3.63, 3.8) is 0 Å². The van der Waals surface area contributed by atoms with Crippen molar-refractivity contribution in [3.8, 4) is 0 Å². The molecule has 0 saturated heterocycles. The van der Waals surface area contributed by atoms with Crippen LogP contribution in [0.3, 0.4) is 0 Å². The van der Waals surface area contributed by atoms with E-state index in [-0.39, 0.29) is 43.2 Å². The second kappa shape index (κ2) is 9.58. The predicted molar refractivity (Wildman–Crippen MR) is 91.8 cm³/mol. The minimum Gasteiger partial charge on any atom is -1.00 e. The Morgan fingerprint density at radius 1 is 1.42 bits per heavy atom.